The van der Waals surface area contributed by atoms with Crippen molar-refractivity contribution in [2.75, 3.05) is 19.8 Å². The lowest BCUT2D eigenvalue weighted by Crippen LogP contribution is -2.26. The molecular weight excluding hydrogens is 295 g/mol. The molecule has 1 aliphatic rings. The van der Waals surface area contributed by atoms with E-state index >= 15 is 0 Å². The van der Waals surface area contributed by atoms with E-state index < -0.39 is 12.8 Å². The maximum atomic E-state index is 12.0. The number of carbonyl (C=O) groups excluding carboxylic acids is 1. The van der Waals surface area contributed by atoms with Gasteiger partial charge in [-0.2, -0.15) is 13.2 Å². The van der Waals surface area contributed by atoms with Crippen LogP contribution in [0, 0.1) is 0 Å². The van der Waals surface area contributed by atoms with Gasteiger partial charge in [0.15, 0.2) is 0 Å². The summed E-state index contributed by atoms with van der Waals surface area (Å²) in [7, 11) is 0. The fraction of sp³-hybridized carbons (Fsp3) is 0.562. The van der Waals surface area contributed by atoms with E-state index in [-0.39, 0.29) is 12.5 Å². The first kappa shape index (κ1) is 16.8. The molecule has 1 aliphatic carbocycles. The van der Waals surface area contributed by atoms with Crippen LogP contribution in [0.15, 0.2) is 18.2 Å². The summed E-state index contributed by atoms with van der Waals surface area (Å²) < 4.78 is 40.1. The van der Waals surface area contributed by atoms with Crippen molar-refractivity contribution in [1.82, 2.24) is 5.32 Å². The third kappa shape index (κ3) is 5.33. The second kappa shape index (κ2) is 7.63. The first-order chi connectivity index (χ1) is 10.5. The molecule has 0 heterocycles. The van der Waals surface area contributed by atoms with Crippen molar-refractivity contribution in [3.63, 3.8) is 0 Å². The van der Waals surface area contributed by atoms with Crippen LogP contribution in [0.4, 0.5) is 13.2 Å². The van der Waals surface area contributed by atoms with Gasteiger partial charge in [-0.3, -0.25) is 4.79 Å². The molecule has 0 saturated carbocycles. The molecule has 1 aromatic rings. The van der Waals surface area contributed by atoms with Gasteiger partial charge in [0.05, 0.1) is 0 Å². The molecular formula is C16H20F3NO2. The molecule has 0 bridgehead atoms. The molecule has 2 rings (SSSR count). The maximum absolute atomic E-state index is 12.0. The number of halogens is 3. The summed E-state index contributed by atoms with van der Waals surface area (Å²) in [5.41, 5.74) is 3.15. The molecule has 3 nitrogen and oxygen atoms in total. The predicted octanol–water partition coefficient (Wildman–Crippen LogP) is 3.26. The number of ether oxygens (including phenoxy) is 1. The highest BCUT2D eigenvalue weighted by Crippen LogP contribution is 2.22. The van der Waals surface area contributed by atoms with Crippen molar-refractivity contribution in [1.29, 1.82) is 0 Å². The molecule has 0 radical (unpaired) electrons. The zero-order chi connectivity index (χ0) is 16.0. The largest absolute Gasteiger partial charge is 0.411 e. The lowest BCUT2D eigenvalue weighted by Gasteiger charge is -2.16. The van der Waals surface area contributed by atoms with Gasteiger partial charge in [0.1, 0.15) is 6.61 Å². The fourth-order valence-electron chi connectivity index (χ4n) is 2.54. The second-order valence-electron chi connectivity index (χ2n) is 5.47. The Morgan fingerprint density at radius 2 is 1.91 bits per heavy atom. The van der Waals surface area contributed by atoms with Crippen LogP contribution in [-0.4, -0.2) is 31.8 Å². The van der Waals surface area contributed by atoms with Gasteiger partial charge in [0.2, 0.25) is 0 Å². The van der Waals surface area contributed by atoms with Crippen LogP contribution in [0.5, 0.6) is 0 Å². The van der Waals surface area contributed by atoms with Gasteiger partial charge in [-0.05, 0) is 55.4 Å². The molecule has 1 amide bonds. The molecule has 1 N–H and O–H groups in total. The third-order valence-electron chi connectivity index (χ3n) is 3.63. The number of nitrogens with one attached hydrogen (secondary N) is 1. The van der Waals surface area contributed by atoms with E-state index in [2.05, 4.69) is 10.1 Å². The van der Waals surface area contributed by atoms with Crippen LogP contribution < -0.4 is 5.32 Å². The fourth-order valence-corrected chi connectivity index (χ4v) is 2.54. The van der Waals surface area contributed by atoms with Crippen LogP contribution >= 0.6 is 0 Å². The Morgan fingerprint density at radius 1 is 1.18 bits per heavy atom. The average Bonchev–Trinajstić information content (AvgIpc) is 2.49. The van der Waals surface area contributed by atoms with Gasteiger partial charge < -0.3 is 10.1 Å². The Morgan fingerprint density at radius 3 is 2.64 bits per heavy atom. The van der Waals surface area contributed by atoms with Crippen LogP contribution in [-0.2, 0) is 17.6 Å². The number of amides is 1. The SMILES string of the molecule is O=C(NCCCOCC(F)(F)F)c1ccc2c(c1)CCCC2. The normalized spacial score (nSPS) is 14.5. The molecule has 0 atom stereocenters. The molecule has 22 heavy (non-hydrogen) atoms. The van der Waals surface area contributed by atoms with E-state index in [1.165, 1.54) is 17.5 Å². The van der Waals surface area contributed by atoms with Gasteiger partial charge in [0.25, 0.3) is 5.91 Å². The summed E-state index contributed by atoms with van der Waals surface area (Å²) in [6, 6.07) is 5.72. The minimum Gasteiger partial charge on any atom is -0.372 e. The Balaban J connectivity index is 1.71. The molecule has 1 aromatic carbocycles. The molecule has 0 fully saturated rings. The van der Waals surface area contributed by atoms with Crippen LogP contribution in [0.3, 0.4) is 0 Å². The molecule has 6 heteroatoms. The summed E-state index contributed by atoms with van der Waals surface area (Å²) in [5, 5.41) is 2.70. The Kier molecular flexibility index (Phi) is 5.83. The summed E-state index contributed by atoms with van der Waals surface area (Å²) in [5.74, 6) is -0.191. The van der Waals surface area contributed by atoms with Crippen molar-refractivity contribution in [3.8, 4) is 0 Å². The number of fused-ring (bicyclic) bond motifs is 1. The summed E-state index contributed by atoms with van der Waals surface area (Å²) in [6.45, 7) is -0.969. The van der Waals surface area contributed by atoms with E-state index in [1.807, 2.05) is 12.1 Å². The highest BCUT2D eigenvalue weighted by molar-refractivity contribution is 5.94. The zero-order valence-electron chi connectivity index (χ0n) is 12.3. The monoisotopic (exact) mass is 315 g/mol. The van der Waals surface area contributed by atoms with Gasteiger partial charge in [0, 0.05) is 18.7 Å². The highest BCUT2D eigenvalue weighted by atomic mass is 19.4. The summed E-state index contributed by atoms with van der Waals surface area (Å²) in [4.78, 5) is 12.0. The quantitative estimate of drug-likeness (QED) is 0.818. The average molecular weight is 315 g/mol. The van der Waals surface area contributed by atoms with E-state index in [0.29, 0.717) is 18.5 Å². The molecule has 0 spiro atoms. The Hall–Kier alpha value is -1.56. The number of benzene rings is 1. The molecule has 122 valence electrons. The number of hydrogen-bond donors (Lipinski definition) is 1. The van der Waals surface area contributed by atoms with Crippen molar-refractivity contribution in [3.05, 3.63) is 34.9 Å². The number of hydrogen-bond acceptors (Lipinski definition) is 2. The Labute approximate surface area is 127 Å². The van der Waals surface area contributed by atoms with Crippen molar-refractivity contribution < 1.29 is 22.7 Å². The van der Waals surface area contributed by atoms with Crippen LogP contribution in [0.2, 0.25) is 0 Å². The molecule has 0 unspecified atom stereocenters. The second-order valence-corrected chi connectivity index (χ2v) is 5.47. The minimum absolute atomic E-state index is 0.0238. The van der Waals surface area contributed by atoms with Gasteiger partial charge in [-0.1, -0.05) is 6.07 Å². The standard InChI is InChI=1S/C16H20F3NO2/c17-16(18,19)11-22-9-3-8-20-15(21)14-7-6-12-4-1-2-5-13(12)10-14/h6-7,10H,1-5,8-9,11H2,(H,20,21). The van der Waals surface area contributed by atoms with Crippen LogP contribution in [0.25, 0.3) is 0 Å². The third-order valence-corrected chi connectivity index (χ3v) is 3.63. The minimum atomic E-state index is -4.30. The number of alkyl halides is 3. The number of carbonyl (C=O) groups is 1. The van der Waals surface area contributed by atoms with Crippen molar-refractivity contribution in [2.45, 2.75) is 38.3 Å². The van der Waals surface area contributed by atoms with Gasteiger partial charge in [-0.25, -0.2) is 0 Å². The summed E-state index contributed by atoms with van der Waals surface area (Å²) >= 11 is 0. The zero-order valence-corrected chi connectivity index (χ0v) is 12.3. The van der Waals surface area contributed by atoms with E-state index in [9.17, 15) is 18.0 Å². The molecule has 0 aliphatic heterocycles. The van der Waals surface area contributed by atoms with Gasteiger partial charge in [-0.15, -0.1) is 0 Å². The topological polar surface area (TPSA) is 38.3 Å². The maximum Gasteiger partial charge on any atom is 0.411 e. The molecule has 0 saturated heterocycles. The van der Waals surface area contributed by atoms with E-state index in [1.54, 1.807) is 6.07 Å². The molecule has 0 aromatic heterocycles. The summed E-state index contributed by atoms with van der Waals surface area (Å²) in [6.07, 6.45) is 0.458. The lowest BCUT2D eigenvalue weighted by atomic mass is 9.90. The van der Waals surface area contributed by atoms with Crippen LogP contribution in [0.1, 0.15) is 40.7 Å². The van der Waals surface area contributed by atoms with Crippen molar-refractivity contribution >= 4 is 5.91 Å². The first-order valence-corrected chi connectivity index (χ1v) is 7.50. The van der Waals surface area contributed by atoms with E-state index in [4.69, 9.17) is 0 Å². The smallest absolute Gasteiger partial charge is 0.372 e. The van der Waals surface area contributed by atoms with Gasteiger partial charge >= 0.3 is 6.18 Å². The van der Waals surface area contributed by atoms with Crippen molar-refractivity contribution in [2.24, 2.45) is 0 Å². The predicted molar refractivity (Wildman–Crippen MR) is 76.9 cm³/mol. The number of rotatable bonds is 6. The first-order valence-electron chi connectivity index (χ1n) is 7.50. The van der Waals surface area contributed by atoms with E-state index in [0.717, 1.165) is 19.3 Å². The Bertz CT molecular complexity index is 515. The highest BCUT2D eigenvalue weighted by Gasteiger charge is 2.27. The number of aryl methyl sites for hydroxylation is 2. The lowest BCUT2D eigenvalue weighted by molar-refractivity contribution is -0.173.